The summed E-state index contributed by atoms with van der Waals surface area (Å²) in [5.74, 6) is -0.205. The normalized spacial score (nSPS) is 10.7. The van der Waals surface area contributed by atoms with Crippen molar-refractivity contribution in [2.75, 3.05) is 7.11 Å². The smallest absolute Gasteiger partial charge is 0.354 e. The second-order valence-electron chi connectivity index (χ2n) is 4.61. The monoisotopic (exact) mass is 283 g/mol. The summed E-state index contributed by atoms with van der Waals surface area (Å²) in [6.07, 6.45) is 0.644. The largest absolute Gasteiger partial charge is 0.464 e. The van der Waals surface area contributed by atoms with Gasteiger partial charge in [-0.05, 0) is 5.56 Å². The molecular formula is C16H13NO4. The fourth-order valence-electron chi connectivity index (χ4n) is 2.33. The van der Waals surface area contributed by atoms with Crippen LogP contribution in [-0.2, 0) is 11.3 Å². The van der Waals surface area contributed by atoms with Crippen LogP contribution in [0.4, 0.5) is 0 Å². The van der Waals surface area contributed by atoms with Crippen LogP contribution in [0.25, 0.3) is 11.1 Å². The van der Waals surface area contributed by atoms with Gasteiger partial charge in [-0.15, -0.1) is 0 Å². The lowest BCUT2D eigenvalue weighted by Gasteiger charge is -2.08. The first-order valence-electron chi connectivity index (χ1n) is 6.43. The van der Waals surface area contributed by atoms with Crippen LogP contribution in [0.15, 0.2) is 46.9 Å². The van der Waals surface area contributed by atoms with Crippen LogP contribution in [0.2, 0.25) is 0 Å². The van der Waals surface area contributed by atoms with E-state index >= 15 is 0 Å². The Morgan fingerprint density at radius 1 is 1.29 bits per heavy atom. The molecule has 3 aromatic rings. The minimum Gasteiger partial charge on any atom is -0.464 e. The van der Waals surface area contributed by atoms with Crippen LogP contribution < -0.4 is 0 Å². The Bertz CT molecular complexity index is 798. The van der Waals surface area contributed by atoms with Crippen molar-refractivity contribution in [1.29, 1.82) is 0 Å². The number of furan rings is 1. The predicted molar refractivity (Wildman–Crippen MR) is 76.5 cm³/mol. The van der Waals surface area contributed by atoms with Crippen molar-refractivity contribution < 1.29 is 18.7 Å². The molecule has 0 unspecified atom stereocenters. The first-order chi connectivity index (χ1) is 10.2. The first-order valence-corrected chi connectivity index (χ1v) is 6.43. The molecule has 0 atom stereocenters. The summed E-state index contributed by atoms with van der Waals surface area (Å²) in [6, 6.07) is 12.9. The zero-order valence-corrected chi connectivity index (χ0v) is 11.4. The number of esters is 1. The number of hydrogen-bond donors (Lipinski definition) is 0. The van der Waals surface area contributed by atoms with E-state index in [0.717, 1.165) is 5.56 Å². The van der Waals surface area contributed by atoms with Gasteiger partial charge in [0.25, 0.3) is 0 Å². The standard InChI is InChI=1S/C16H13NO4/c1-20-16(19)14-8-15-13(7-12(10-18)21-15)17(14)9-11-5-3-2-4-6-11/h2-8,10H,9H2,1H3. The zero-order valence-electron chi connectivity index (χ0n) is 11.4. The number of fused-ring (bicyclic) bond motifs is 1. The van der Waals surface area contributed by atoms with Crippen molar-refractivity contribution in [3.05, 3.63) is 59.5 Å². The fourth-order valence-corrected chi connectivity index (χ4v) is 2.33. The van der Waals surface area contributed by atoms with E-state index in [1.165, 1.54) is 7.11 Å². The van der Waals surface area contributed by atoms with Gasteiger partial charge >= 0.3 is 5.97 Å². The molecule has 2 aromatic heterocycles. The quantitative estimate of drug-likeness (QED) is 0.545. The van der Waals surface area contributed by atoms with E-state index < -0.39 is 5.97 Å². The van der Waals surface area contributed by atoms with Gasteiger partial charge in [-0.3, -0.25) is 4.79 Å². The van der Waals surface area contributed by atoms with Crippen molar-refractivity contribution >= 4 is 23.4 Å². The Hall–Kier alpha value is -2.82. The summed E-state index contributed by atoms with van der Waals surface area (Å²) >= 11 is 0. The van der Waals surface area contributed by atoms with Gasteiger partial charge in [0.1, 0.15) is 5.69 Å². The molecule has 0 aliphatic rings. The Labute approximate surface area is 120 Å². The van der Waals surface area contributed by atoms with Crippen molar-refractivity contribution in [2.45, 2.75) is 6.54 Å². The molecule has 0 amide bonds. The Balaban J connectivity index is 2.13. The number of carbonyl (C=O) groups is 2. The summed E-state index contributed by atoms with van der Waals surface area (Å²) in [7, 11) is 1.33. The number of rotatable bonds is 4. The highest BCUT2D eigenvalue weighted by Gasteiger charge is 2.19. The third-order valence-electron chi connectivity index (χ3n) is 3.30. The van der Waals surface area contributed by atoms with Crippen molar-refractivity contribution in [3.8, 4) is 0 Å². The maximum Gasteiger partial charge on any atom is 0.354 e. The lowest BCUT2D eigenvalue weighted by atomic mass is 10.2. The molecule has 5 nitrogen and oxygen atoms in total. The molecule has 5 heteroatoms. The van der Waals surface area contributed by atoms with Crippen LogP contribution in [0.1, 0.15) is 26.6 Å². The van der Waals surface area contributed by atoms with E-state index in [4.69, 9.17) is 9.15 Å². The summed E-state index contributed by atoms with van der Waals surface area (Å²) in [5.41, 5.74) is 2.62. The number of nitrogens with zero attached hydrogens (tertiary/aromatic N) is 1. The maximum absolute atomic E-state index is 11.9. The Morgan fingerprint density at radius 3 is 2.71 bits per heavy atom. The van der Waals surface area contributed by atoms with Gasteiger partial charge in [-0.2, -0.15) is 0 Å². The number of ether oxygens (including phenoxy) is 1. The number of hydrogen-bond acceptors (Lipinski definition) is 4. The maximum atomic E-state index is 11.9. The first kappa shape index (κ1) is 13.2. The molecule has 0 saturated heterocycles. The average Bonchev–Trinajstić information content (AvgIpc) is 3.06. The fraction of sp³-hybridized carbons (Fsp3) is 0.125. The summed E-state index contributed by atoms with van der Waals surface area (Å²) in [5, 5.41) is 0. The highest BCUT2D eigenvalue weighted by molar-refractivity contribution is 5.95. The van der Waals surface area contributed by atoms with Gasteiger partial charge < -0.3 is 13.7 Å². The highest BCUT2D eigenvalue weighted by Crippen LogP contribution is 2.25. The molecule has 21 heavy (non-hydrogen) atoms. The minimum absolute atomic E-state index is 0.234. The third kappa shape index (κ3) is 2.33. The third-order valence-corrected chi connectivity index (χ3v) is 3.30. The average molecular weight is 283 g/mol. The molecule has 0 aliphatic heterocycles. The Kier molecular flexibility index (Phi) is 3.31. The van der Waals surface area contributed by atoms with Gasteiger partial charge in [0.2, 0.25) is 0 Å². The molecule has 1 aromatic carbocycles. The SMILES string of the molecule is COC(=O)c1cc2oc(C=O)cc2n1Cc1ccccc1. The lowest BCUT2D eigenvalue weighted by Crippen LogP contribution is -2.11. The molecular weight excluding hydrogens is 270 g/mol. The topological polar surface area (TPSA) is 61.4 Å². The van der Waals surface area contributed by atoms with E-state index in [1.54, 1.807) is 16.7 Å². The number of methoxy groups -OCH3 is 1. The predicted octanol–water partition coefficient (Wildman–Crippen LogP) is 2.88. The second kappa shape index (κ2) is 5.28. The molecule has 3 rings (SSSR count). The number of aldehydes is 1. The molecule has 0 spiro atoms. The number of aromatic nitrogens is 1. The number of benzene rings is 1. The van der Waals surface area contributed by atoms with Gasteiger partial charge in [0, 0.05) is 18.7 Å². The molecule has 0 aliphatic carbocycles. The Morgan fingerprint density at radius 2 is 2.05 bits per heavy atom. The molecule has 0 fully saturated rings. The van der Waals surface area contributed by atoms with E-state index in [1.807, 2.05) is 30.3 Å². The van der Waals surface area contributed by atoms with Crippen LogP contribution in [-0.4, -0.2) is 23.9 Å². The lowest BCUT2D eigenvalue weighted by molar-refractivity contribution is 0.0589. The second-order valence-corrected chi connectivity index (χ2v) is 4.61. The molecule has 0 N–H and O–H groups in total. The van der Waals surface area contributed by atoms with Gasteiger partial charge in [-0.1, -0.05) is 30.3 Å². The van der Waals surface area contributed by atoms with Gasteiger partial charge in [0.05, 0.1) is 12.6 Å². The molecule has 0 radical (unpaired) electrons. The summed E-state index contributed by atoms with van der Waals surface area (Å²) in [6.45, 7) is 0.493. The number of carbonyl (C=O) groups excluding carboxylic acids is 2. The van der Waals surface area contributed by atoms with Gasteiger partial charge in [-0.25, -0.2) is 4.79 Å². The van der Waals surface area contributed by atoms with Crippen LogP contribution in [0.3, 0.4) is 0 Å². The highest BCUT2D eigenvalue weighted by atomic mass is 16.5. The zero-order chi connectivity index (χ0) is 14.8. The summed E-state index contributed by atoms with van der Waals surface area (Å²) < 4.78 is 12.0. The van der Waals surface area contributed by atoms with E-state index in [2.05, 4.69) is 0 Å². The van der Waals surface area contributed by atoms with E-state index in [0.29, 0.717) is 29.6 Å². The minimum atomic E-state index is -0.440. The van der Waals surface area contributed by atoms with Crippen LogP contribution in [0.5, 0.6) is 0 Å². The van der Waals surface area contributed by atoms with Crippen molar-refractivity contribution in [2.24, 2.45) is 0 Å². The van der Waals surface area contributed by atoms with E-state index in [9.17, 15) is 9.59 Å². The van der Waals surface area contributed by atoms with Crippen molar-refractivity contribution in [3.63, 3.8) is 0 Å². The van der Waals surface area contributed by atoms with Crippen molar-refractivity contribution in [1.82, 2.24) is 4.57 Å². The molecule has 0 bridgehead atoms. The van der Waals surface area contributed by atoms with E-state index in [-0.39, 0.29) is 5.76 Å². The van der Waals surface area contributed by atoms with Crippen LogP contribution in [0, 0.1) is 0 Å². The van der Waals surface area contributed by atoms with Crippen LogP contribution >= 0.6 is 0 Å². The molecule has 0 saturated carbocycles. The molecule has 106 valence electrons. The molecule has 2 heterocycles. The summed E-state index contributed by atoms with van der Waals surface area (Å²) in [4.78, 5) is 22.7. The van der Waals surface area contributed by atoms with Gasteiger partial charge in [0.15, 0.2) is 17.6 Å².